The van der Waals surface area contributed by atoms with Gasteiger partial charge in [-0.1, -0.05) is 54.6 Å². The zero-order valence-electron chi connectivity index (χ0n) is 18.1. The highest BCUT2D eigenvalue weighted by Crippen LogP contribution is 2.38. The Bertz CT molecular complexity index is 996. The van der Waals surface area contributed by atoms with Crippen LogP contribution in [0.25, 0.3) is 0 Å². The Balaban J connectivity index is 1.96. The van der Waals surface area contributed by atoms with Crippen molar-refractivity contribution in [2.75, 3.05) is 13.2 Å². The Hall–Kier alpha value is -3.41. The number of allylic oxidation sites excluding steroid dienone is 1. The van der Waals surface area contributed by atoms with E-state index in [4.69, 9.17) is 9.47 Å². The highest BCUT2D eigenvalue weighted by atomic mass is 16.5. The summed E-state index contributed by atoms with van der Waals surface area (Å²) < 4.78 is 10.6. The summed E-state index contributed by atoms with van der Waals surface area (Å²) in [6.45, 7) is 5.46. The molecular formula is C25H27NO5. The smallest absolute Gasteiger partial charge is 0.336 e. The summed E-state index contributed by atoms with van der Waals surface area (Å²) in [6.07, 6.45) is 0.0807. The number of ether oxygens (including phenoxy) is 2. The summed E-state index contributed by atoms with van der Waals surface area (Å²) in [5.74, 6) is -1.66. The molecule has 2 aromatic rings. The molecule has 162 valence electrons. The molecule has 1 heterocycles. The first-order valence-electron chi connectivity index (χ1n) is 10.4. The maximum absolute atomic E-state index is 13.2. The van der Waals surface area contributed by atoms with Crippen LogP contribution in [-0.4, -0.2) is 35.9 Å². The molecular weight excluding hydrogens is 394 g/mol. The Labute approximate surface area is 182 Å². The number of hydrogen-bond acceptors (Lipinski definition) is 5. The van der Waals surface area contributed by atoms with Gasteiger partial charge in [0.25, 0.3) is 0 Å². The van der Waals surface area contributed by atoms with Crippen molar-refractivity contribution in [3.8, 4) is 0 Å². The number of rotatable bonds is 7. The van der Waals surface area contributed by atoms with Crippen LogP contribution in [0.1, 0.15) is 42.9 Å². The molecule has 0 aromatic heterocycles. The molecule has 1 unspecified atom stereocenters. The molecule has 0 radical (unpaired) electrons. The van der Waals surface area contributed by atoms with Crippen molar-refractivity contribution in [3.05, 3.63) is 82.6 Å². The fourth-order valence-corrected chi connectivity index (χ4v) is 3.85. The van der Waals surface area contributed by atoms with Crippen LogP contribution in [-0.2, 0) is 30.5 Å². The third kappa shape index (κ3) is 5.20. The van der Waals surface area contributed by atoms with Gasteiger partial charge in [-0.15, -0.1) is 0 Å². The summed E-state index contributed by atoms with van der Waals surface area (Å²) in [5, 5.41) is 0. The van der Waals surface area contributed by atoms with E-state index in [1.54, 1.807) is 13.8 Å². The van der Waals surface area contributed by atoms with Crippen molar-refractivity contribution >= 4 is 17.8 Å². The number of benzene rings is 2. The summed E-state index contributed by atoms with van der Waals surface area (Å²) in [5.41, 5.74) is 3.58. The molecule has 0 fully saturated rings. The minimum Gasteiger partial charge on any atom is -0.465 e. The van der Waals surface area contributed by atoms with E-state index in [2.05, 4.69) is 0 Å². The third-order valence-electron chi connectivity index (χ3n) is 5.41. The Kier molecular flexibility index (Phi) is 7.23. The quantitative estimate of drug-likeness (QED) is 0.634. The van der Waals surface area contributed by atoms with Crippen molar-refractivity contribution in [2.45, 2.75) is 39.7 Å². The zero-order chi connectivity index (χ0) is 22.4. The Morgan fingerprint density at radius 2 is 1.68 bits per heavy atom. The molecule has 1 amide bonds. The number of hydrogen-bond donors (Lipinski definition) is 0. The monoisotopic (exact) mass is 421 g/mol. The lowest BCUT2D eigenvalue weighted by Crippen LogP contribution is -2.41. The van der Waals surface area contributed by atoms with E-state index in [9.17, 15) is 14.4 Å². The lowest BCUT2D eigenvalue weighted by molar-refractivity contribution is -0.149. The Morgan fingerprint density at radius 3 is 2.35 bits per heavy atom. The van der Waals surface area contributed by atoms with Crippen molar-refractivity contribution in [1.29, 1.82) is 0 Å². The number of carbonyl (C=O) groups excluding carboxylic acids is 3. The summed E-state index contributed by atoms with van der Waals surface area (Å²) >= 11 is 0. The highest BCUT2D eigenvalue weighted by molar-refractivity contribution is 5.96. The zero-order valence-corrected chi connectivity index (χ0v) is 18.1. The molecule has 1 aliphatic rings. The maximum Gasteiger partial charge on any atom is 0.336 e. The van der Waals surface area contributed by atoms with Crippen molar-refractivity contribution in [1.82, 2.24) is 4.90 Å². The molecule has 6 heteroatoms. The van der Waals surface area contributed by atoms with E-state index in [1.165, 1.54) is 4.90 Å². The molecule has 2 aromatic carbocycles. The van der Waals surface area contributed by atoms with Crippen LogP contribution in [0.3, 0.4) is 0 Å². The van der Waals surface area contributed by atoms with Crippen LogP contribution in [0.4, 0.5) is 0 Å². The summed E-state index contributed by atoms with van der Waals surface area (Å²) in [4.78, 5) is 39.5. The van der Waals surface area contributed by atoms with Crippen LogP contribution in [0.5, 0.6) is 0 Å². The van der Waals surface area contributed by atoms with Gasteiger partial charge in [-0.25, -0.2) is 4.79 Å². The number of carbonyl (C=O) groups is 3. The number of nitrogens with zero attached hydrogens (tertiary/aromatic N) is 1. The van der Waals surface area contributed by atoms with Gasteiger partial charge in [0.2, 0.25) is 5.91 Å². The fourth-order valence-electron chi connectivity index (χ4n) is 3.85. The van der Waals surface area contributed by atoms with Crippen LogP contribution in [0.15, 0.2) is 65.9 Å². The van der Waals surface area contributed by atoms with Gasteiger partial charge < -0.3 is 14.4 Å². The van der Waals surface area contributed by atoms with Crippen LogP contribution in [0, 0.1) is 6.92 Å². The highest BCUT2D eigenvalue weighted by Gasteiger charge is 2.38. The van der Waals surface area contributed by atoms with Gasteiger partial charge in [0, 0.05) is 18.0 Å². The average Bonchev–Trinajstić information content (AvgIpc) is 2.76. The molecule has 0 aliphatic carbocycles. The second-order valence-electron chi connectivity index (χ2n) is 7.46. The second-order valence-corrected chi connectivity index (χ2v) is 7.46. The fraction of sp³-hybridized carbons (Fsp3) is 0.320. The number of aryl methyl sites for hydroxylation is 1. The first-order chi connectivity index (χ1) is 14.9. The predicted molar refractivity (Wildman–Crippen MR) is 116 cm³/mol. The van der Waals surface area contributed by atoms with E-state index in [0.29, 0.717) is 11.3 Å². The van der Waals surface area contributed by atoms with Crippen LogP contribution >= 0.6 is 0 Å². The van der Waals surface area contributed by atoms with Gasteiger partial charge in [-0.2, -0.15) is 0 Å². The van der Waals surface area contributed by atoms with Gasteiger partial charge in [0.15, 0.2) is 0 Å². The van der Waals surface area contributed by atoms with E-state index in [-0.39, 0.29) is 32.1 Å². The van der Waals surface area contributed by atoms with Crippen molar-refractivity contribution < 1.29 is 23.9 Å². The lowest BCUT2D eigenvalue weighted by Gasteiger charge is -2.34. The average molecular weight is 421 g/mol. The van der Waals surface area contributed by atoms with E-state index in [1.807, 2.05) is 61.5 Å². The van der Waals surface area contributed by atoms with E-state index >= 15 is 0 Å². The van der Waals surface area contributed by atoms with Crippen molar-refractivity contribution in [2.24, 2.45) is 0 Å². The largest absolute Gasteiger partial charge is 0.465 e. The molecule has 0 saturated carbocycles. The first kappa shape index (κ1) is 22.3. The molecule has 0 saturated heterocycles. The van der Waals surface area contributed by atoms with Gasteiger partial charge in [0.05, 0.1) is 12.2 Å². The number of amides is 1. The standard InChI is InChI=1S/C25H27NO5/c1-4-30-23(28)15-26-18(3)24(25(29)31-16-19-11-6-5-7-12-19)21(14-22(26)27)20-13-9-8-10-17(20)2/h5-13,21H,4,14-16H2,1-3H3. The molecule has 0 spiro atoms. The molecule has 6 nitrogen and oxygen atoms in total. The molecule has 3 rings (SSSR count). The Morgan fingerprint density at radius 1 is 1.00 bits per heavy atom. The molecule has 31 heavy (non-hydrogen) atoms. The third-order valence-corrected chi connectivity index (χ3v) is 5.41. The predicted octanol–water partition coefficient (Wildman–Crippen LogP) is 3.89. The summed E-state index contributed by atoms with van der Waals surface area (Å²) in [6, 6.07) is 17.1. The van der Waals surface area contributed by atoms with Crippen molar-refractivity contribution in [3.63, 3.8) is 0 Å². The van der Waals surface area contributed by atoms with Gasteiger partial charge in [-0.05, 0) is 37.5 Å². The minimum absolute atomic E-state index is 0.0807. The molecule has 1 aliphatic heterocycles. The van der Waals surface area contributed by atoms with Gasteiger partial charge >= 0.3 is 11.9 Å². The topological polar surface area (TPSA) is 72.9 Å². The minimum atomic E-state index is -0.512. The molecule has 0 bridgehead atoms. The second kappa shape index (κ2) is 10.1. The first-order valence-corrected chi connectivity index (χ1v) is 10.4. The SMILES string of the molecule is CCOC(=O)CN1C(=O)CC(c2ccccc2C)C(C(=O)OCc2ccccc2)=C1C. The van der Waals surface area contributed by atoms with E-state index in [0.717, 1.165) is 16.7 Å². The van der Waals surface area contributed by atoms with Crippen LogP contribution in [0.2, 0.25) is 0 Å². The molecule has 0 N–H and O–H groups in total. The normalized spacial score (nSPS) is 16.3. The summed E-state index contributed by atoms with van der Waals surface area (Å²) in [7, 11) is 0. The number of esters is 2. The van der Waals surface area contributed by atoms with Gasteiger partial charge in [-0.3, -0.25) is 9.59 Å². The maximum atomic E-state index is 13.2. The van der Waals surface area contributed by atoms with Gasteiger partial charge in [0.1, 0.15) is 13.2 Å². The van der Waals surface area contributed by atoms with Crippen LogP contribution < -0.4 is 0 Å². The molecule has 1 atom stereocenters. The van der Waals surface area contributed by atoms with E-state index < -0.39 is 17.9 Å². The lowest BCUT2D eigenvalue weighted by atomic mass is 9.82.